The Morgan fingerprint density at radius 1 is 1.10 bits per heavy atom. The Labute approximate surface area is 183 Å². The normalized spacial score (nSPS) is 18.6. The van der Waals surface area contributed by atoms with Crippen LogP contribution in [0.1, 0.15) is 22.5 Å². The van der Waals surface area contributed by atoms with Crippen LogP contribution in [0.4, 0.5) is 10.5 Å². The van der Waals surface area contributed by atoms with Gasteiger partial charge in [0.1, 0.15) is 16.3 Å². The van der Waals surface area contributed by atoms with Gasteiger partial charge < -0.3 is 9.64 Å². The second-order valence-electron chi connectivity index (χ2n) is 7.22. The molecule has 0 spiro atoms. The number of amides is 3. The van der Waals surface area contributed by atoms with Gasteiger partial charge in [-0.1, -0.05) is 18.2 Å². The number of urea groups is 1. The van der Waals surface area contributed by atoms with Crippen LogP contribution in [0, 0.1) is 0 Å². The number of rotatable bonds is 5. The number of ether oxygens (including phenoxy) is 1. The number of nitrogens with zero attached hydrogens (tertiary/aromatic N) is 3. The van der Waals surface area contributed by atoms with Crippen molar-refractivity contribution >= 4 is 45.0 Å². The molecule has 2 aliphatic heterocycles. The van der Waals surface area contributed by atoms with Gasteiger partial charge in [0.25, 0.3) is 5.91 Å². The van der Waals surface area contributed by atoms with Gasteiger partial charge in [-0.25, -0.2) is 22.9 Å². The molecule has 9 nitrogen and oxygen atoms in total. The zero-order chi connectivity index (χ0) is 22.2. The molecule has 2 aromatic rings. The number of benzene rings is 1. The molecule has 31 heavy (non-hydrogen) atoms. The van der Waals surface area contributed by atoms with Crippen LogP contribution in [0.15, 0.2) is 46.7 Å². The zero-order valence-corrected chi connectivity index (χ0v) is 18.4. The summed E-state index contributed by atoms with van der Waals surface area (Å²) in [7, 11) is -2.66. The van der Waals surface area contributed by atoms with E-state index in [0.29, 0.717) is 18.5 Å². The van der Waals surface area contributed by atoms with Crippen molar-refractivity contribution in [3.63, 3.8) is 0 Å². The van der Waals surface area contributed by atoms with Gasteiger partial charge in [0, 0.05) is 19.1 Å². The molecule has 0 bridgehead atoms. The minimum absolute atomic E-state index is 0.0256. The van der Waals surface area contributed by atoms with Crippen LogP contribution in [0.2, 0.25) is 0 Å². The minimum Gasteiger partial charge on any atom is -0.465 e. The number of thiophene rings is 1. The van der Waals surface area contributed by atoms with Crippen molar-refractivity contribution < 1.29 is 27.5 Å². The van der Waals surface area contributed by atoms with Gasteiger partial charge in [-0.3, -0.25) is 4.79 Å². The topological polar surface area (TPSA) is 104 Å². The Morgan fingerprint density at radius 2 is 1.77 bits per heavy atom. The van der Waals surface area contributed by atoms with E-state index < -0.39 is 16.0 Å². The van der Waals surface area contributed by atoms with E-state index in [1.807, 2.05) is 6.07 Å². The monoisotopic (exact) mass is 463 g/mol. The summed E-state index contributed by atoms with van der Waals surface area (Å²) in [5.74, 6) is -0.988. The summed E-state index contributed by atoms with van der Waals surface area (Å²) in [5.41, 5.74) is 0.521. The zero-order valence-electron chi connectivity index (χ0n) is 16.8. The second kappa shape index (κ2) is 8.40. The lowest BCUT2D eigenvalue weighted by Crippen LogP contribution is -2.48. The number of para-hydroxylation sites is 1. The number of methoxy groups -OCH3 is 1. The van der Waals surface area contributed by atoms with Crippen molar-refractivity contribution in [3.05, 3.63) is 46.7 Å². The van der Waals surface area contributed by atoms with Crippen LogP contribution < -0.4 is 4.90 Å². The lowest BCUT2D eigenvalue weighted by atomic mass is 10.1. The van der Waals surface area contributed by atoms with Gasteiger partial charge in [-0.05, 0) is 36.4 Å². The average molecular weight is 464 g/mol. The summed E-state index contributed by atoms with van der Waals surface area (Å²) < 4.78 is 32.1. The maximum atomic E-state index is 13.1. The van der Waals surface area contributed by atoms with Crippen LogP contribution in [0.5, 0.6) is 0 Å². The fourth-order valence-electron chi connectivity index (χ4n) is 3.91. The Balaban J connectivity index is 1.46. The first-order chi connectivity index (χ1) is 14.8. The predicted octanol–water partition coefficient (Wildman–Crippen LogP) is 2.16. The van der Waals surface area contributed by atoms with Crippen molar-refractivity contribution in [2.24, 2.45) is 0 Å². The lowest BCUT2D eigenvalue weighted by molar-refractivity contribution is -0.116. The largest absolute Gasteiger partial charge is 0.465 e. The first kappa shape index (κ1) is 21.5. The van der Waals surface area contributed by atoms with E-state index in [1.54, 1.807) is 29.6 Å². The van der Waals surface area contributed by atoms with Crippen LogP contribution in [0.3, 0.4) is 0 Å². The highest BCUT2D eigenvalue weighted by Gasteiger charge is 2.43. The maximum Gasteiger partial charge on any atom is 0.349 e. The maximum absolute atomic E-state index is 13.1. The van der Waals surface area contributed by atoms with E-state index in [4.69, 9.17) is 0 Å². The highest BCUT2D eigenvalue weighted by molar-refractivity contribution is 7.89. The van der Waals surface area contributed by atoms with Crippen LogP contribution in [-0.2, 0) is 19.6 Å². The SMILES string of the molecule is COC(=O)c1sccc1S(=O)(=O)N1CCC(N2CC(=O)N(c3ccccc3)C2=O)CC1. The molecular formula is C20H21N3O6S2. The Hall–Kier alpha value is -2.76. The third-order valence-electron chi connectivity index (χ3n) is 5.49. The number of esters is 1. The molecule has 0 radical (unpaired) electrons. The number of hydrogen-bond donors (Lipinski definition) is 0. The van der Waals surface area contributed by atoms with Crippen molar-refractivity contribution in [1.29, 1.82) is 0 Å². The molecule has 0 saturated carbocycles. The van der Waals surface area contributed by atoms with Gasteiger partial charge >= 0.3 is 12.0 Å². The molecule has 0 unspecified atom stereocenters. The number of carbonyl (C=O) groups is 3. The molecule has 0 atom stereocenters. The standard InChI is InChI=1S/C20H21N3O6S2/c1-29-19(25)18-16(9-12-30-18)31(27,28)21-10-7-14(8-11-21)22-13-17(24)23(20(22)26)15-5-3-2-4-6-15/h2-6,9,12,14H,7-8,10-11,13H2,1H3. The Kier molecular flexibility index (Phi) is 5.82. The van der Waals surface area contributed by atoms with E-state index in [1.165, 1.54) is 22.4 Å². The molecule has 164 valence electrons. The van der Waals surface area contributed by atoms with Crippen molar-refractivity contribution in [1.82, 2.24) is 9.21 Å². The van der Waals surface area contributed by atoms with Crippen molar-refractivity contribution in [2.45, 2.75) is 23.8 Å². The molecule has 11 heteroatoms. The van der Waals surface area contributed by atoms with Crippen LogP contribution in [-0.4, -0.2) is 68.3 Å². The van der Waals surface area contributed by atoms with E-state index in [-0.39, 0.29) is 47.4 Å². The third kappa shape index (κ3) is 3.84. The number of carbonyl (C=O) groups excluding carboxylic acids is 3. The lowest BCUT2D eigenvalue weighted by Gasteiger charge is -2.35. The van der Waals surface area contributed by atoms with Crippen molar-refractivity contribution in [2.75, 3.05) is 31.6 Å². The predicted molar refractivity (Wildman–Crippen MR) is 113 cm³/mol. The molecule has 2 saturated heterocycles. The second-order valence-corrected chi connectivity index (χ2v) is 10.0. The molecule has 1 aromatic carbocycles. The first-order valence-electron chi connectivity index (χ1n) is 9.69. The minimum atomic E-state index is -3.87. The fraction of sp³-hybridized carbons (Fsp3) is 0.350. The molecule has 4 rings (SSSR count). The summed E-state index contributed by atoms with van der Waals surface area (Å²) in [6.07, 6.45) is 0.803. The first-order valence-corrected chi connectivity index (χ1v) is 12.0. The summed E-state index contributed by atoms with van der Waals surface area (Å²) in [6, 6.07) is 9.51. The number of imide groups is 1. The van der Waals surface area contributed by atoms with Gasteiger partial charge in [0.15, 0.2) is 0 Å². The van der Waals surface area contributed by atoms with Gasteiger partial charge in [-0.2, -0.15) is 4.31 Å². The average Bonchev–Trinajstić information content (AvgIpc) is 3.39. The van der Waals surface area contributed by atoms with Gasteiger partial charge in [-0.15, -0.1) is 11.3 Å². The molecule has 3 heterocycles. The highest BCUT2D eigenvalue weighted by atomic mass is 32.2. The number of sulfonamides is 1. The van der Waals surface area contributed by atoms with Gasteiger partial charge in [0.05, 0.1) is 12.8 Å². The molecule has 0 aliphatic carbocycles. The smallest absolute Gasteiger partial charge is 0.349 e. The highest BCUT2D eigenvalue weighted by Crippen LogP contribution is 2.30. The van der Waals surface area contributed by atoms with E-state index >= 15 is 0 Å². The summed E-state index contributed by atoms with van der Waals surface area (Å²) in [5, 5.41) is 1.54. The van der Waals surface area contributed by atoms with Gasteiger partial charge in [0.2, 0.25) is 10.0 Å². The van der Waals surface area contributed by atoms with E-state index in [9.17, 15) is 22.8 Å². The molecule has 0 N–H and O–H groups in total. The number of piperidine rings is 1. The fourth-order valence-corrected chi connectivity index (χ4v) is 6.69. The third-order valence-corrected chi connectivity index (χ3v) is 8.45. The Morgan fingerprint density at radius 3 is 2.42 bits per heavy atom. The van der Waals surface area contributed by atoms with E-state index in [0.717, 1.165) is 16.2 Å². The molecular weight excluding hydrogens is 442 g/mol. The quantitative estimate of drug-likeness (QED) is 0.497. The molecule has 2 fully saturated rings. The molecule has 2 aliphatic rings. The summed E-state index contributed by atoms with van der Waals surface area (Å²) in [4.78, 5) is 39.9. The summed E-state index contributed by atoms with van der Waals surface area (Å²) >= 11 is 1.02. The van der Waals surface area contributed by atoms with Crippen molar-refractivity contribution in [3.8, 4) is 0 Å². The molecule has 3 amide bonds. The molecule has 1 aromatic heterocycles. The number of hydrogen-bond acceptors (Lipinski definition) is 7. The summed E-state index contributed by atoms with van der Waals surface area (Å²) in [6.45, 7) is 0.349. The van der Waals surface area contributed by atoms with E-state index in [2.05, 4.69) is 4.74 Å². The Bertz CT molecular complexity index is 1110. The van der Waals surface area contributed by atoms with Crippen LogP contribution in [0.25, 0.3) is 0 Å². The van der Waals surface area contributed by atoms with Crippen LogP contribution >= 0.6 is 11.3 Å². The number of anilines is 1.